The second kappa shape index (κ2) is 6.53. The standard InChI is InChI=1S/C10H19N3O2/c1-4-6-8(14-5-2)10-12-9(7-11-3)15-13-10/h8,11H,4-7H2,1-3H3. The van der Waals surface area contributed by atoms with Crippen molar-refractivity contribution in [3.8, 4) is 0 Å². The van der Waals surface area contributed by atoms with Gasteiger partial charge in [-0.25, -0.2) is 0 Å². The Labute approximate surface area is 90.2 Å². The Morgan fingerprint density at radius 2 is 2.27 bits per heavy atom. The van der Waals surface area contributed by atoms with Gasteiger partial charge in [-0.05, 0) is 20.4 Å². The van der Waals surface area contributed by atoms with Gasteiger partial charge in [-0.1, -0.05) is 18.5 Å². The predicted molar refractivity (Wildman–Crippen MR) is 56.3 cm³/mol. The number of ether oxygens (including phenoxy) is 1. The third-order valence-electron chi connectivity index (χ3n) is 2.02. The molecule has 1 heterocycles. The SMILES string of the molecule is CCCC(OCC)c1noc(CNC)n1. The first-order valence-corrected chi connectivity index (χ1v) is 5.40. The molecule has 0 aliphatic heterocycles. The molecule has 1 unspecified atom stereocenters. The molecule has 0 saturated carbocycles. The summed E-state index contributed by atoms with van der Waals surface area (Å²) in [5.74, 6) is 1.26. The molecule has 5 nitrogen and oxygen atoms in total. The third kappa shape index (κ3) is 3.60. The summed E-state index contributed by atoms with van der Waals surface area (Å²) in [6.45, 7) is 5.34. The zero-order valence-corrected chi connectivity index (χ0v) is 9.62. The van der Waals surface area contributed by atoms with Gasteiger partial charge in [0, 0.05) is 6.61 Å². The largest absolute Gasteiger partial charge is 0.370 e. The Kier molecular flexibility index (Phi) is 5.28. The molecular formula is C10H19N3O2. The summed E-state index contributed by atoms with van der Waals surface area (Å²) in [5, 5.41) is 6.88. The zero-order valence-electron chi connectivity index (χ0n) is 9.62. The predicted octanol–water partition coefficient (Wildman–Crippen LogP) is 1.67. The van der Waals surface area contributed by atoms with E-state index < -0.39 is 0 Å². The Bertz CT molecular complexity index is 269. The summed E-state index contributed by atoms with van der Waals surface area (Å²) in [7, 11) is 1.84. The highest BCUT2D eigenvalue weighted by Crippen LogP contribution is 2.19. The van der Waals surface area contributed by atoms with E-state index in [1.54, 1.807) is 0 Å². The van der Waals surface area contributed by atoms with Gasteiger partial charge in [-0.3, -0.25) is 0 Å². The Morgan fingerprint density at radius 1 is 1.47 bits per heavy atom. The van der Waals surface area contributed by atoms with E-state index in [-0.39, 0.29) is 6.10 Å². The van der Waals surface area contributed by atoms with Gasteiger partial charge in [-0.15, -0.1) is 0 Å². The van der Waals surface area contributed by atoms with Crippen molar-refractivity contribution in [2.24, 2.45) is 0 Å². The van der Waals surface area contributed by atoms with Gasteiger partial charge in [0.15, 0.2) is 0 Å². The lowest BCUT2D eigenvalue weighted by molar-refractivity contribution is 0.0478. The van der Waals surface area contributed by atoms with Crippen LogP contribution in [0, 0.1) is 0 Å². The highest BCUT2D eigenvalue weighted by Gasteiger charge is 2.17. The van der Waals surface area contributed by atoms with Crippen molar-refractivity contribution in [2.45, 2.75) is 39.3 Å². The lowest BCUT2D eigenvalue weighted by Gasteiger charge is -2.11. The summed E-state index contributed by atoms with van der Waals surface area (Å²) >= 11 is 0. The molecule has 1 aromatic heterocycles. The molecule has 86 valence electrons. The van der Waals surface area contributed by atoms with Crippen molar-refractivity contribution in [3.63, 3.8) is 0 Å². The molecular weight excluding hydrogens is 194 g/mol. The number of aromatic nitrogens is 2. The molecule has 0 bridgehead atoms. The maximum atomic E-state index is 5.55. The van der Waals surface area contributed by atoms with E-state index in [0.29, 0.717) is 24.9 Å². The smallest absolute Gasteiger partial charge is 0.240 e. The van der Waals surface area contributed by atoms with Crippen molar-refractivity contribution in [3.05, 3.63) is 11.7 Å². The first kappa shape index (κ1) is 12.1. The molecule has 0 aromatic carbocycles. The molecule has 1 aromatic rings. The second-order valence-electron chi connectivity index (χ2n) is 3.31. The lowest BCUT2D eigenvalue weighted by atomic mass is 10.2. The highest BCUT2D eigenvalue weighted by atomic mass is 16.5. The van der Waals surface area contributed by atoms with Crippen LogP contribution in [0.3, 0.4) is 0 Å². The van der Waals surface area contributed by atoms with Gasteiger partial charge >= 0.3 is 0 Å². The van der Waals surface area contributed by atoms with E-state index in [1.807, 2.05) is 14.0 Å². The van der Waals surface area contributed by atoms with Crippen LogP contribution in [0.5, 0.6) is 0 Å². The molecule has 1 N–H and O–H groups in total. The number of hydrogen-bond donors (Lipinski definition) is 1. The van der Waals surface area contributed by atoms with E-state index in [1.165, 1.54) is 0 Å². The molecule has 15 heavy (non-hydrogen) atoms. The number of rotatable bonds is 7. The average Bonchev–Trinajstić information content (AvgIpc) is 2.67. The van der Waals surface area contributed by atoms with Crippen molar-refractivity contribution in [2.75, 3.05) is 13.7 Å². The van der Waals surface area contributed by atoms with Crippen molar-refractivity contribution < 1.29 is 9.26 Å². The summed E-state index contributed by atoms with van der Waals surface area (Å²) in [6, 6.07) is 0. The van der Waals surface area contributed by atoms with Crippen LogP contribution in [-0.2, 0) is 11.3 Å². The highest BCUT2D eigenvalue weighted by molar-refractivity contribution is 4.91. The van der Waals surface area contributed by atoms with Crippen LogP contribution < -0.4 is 5.32 Å². The Hall–Kier alpha value is -0.940. The molecule has 1 rings (SSSR count). The molecule has 0 saturated heterocycles. The summed E-state index contributed by atoms with van der Waals surface area (Å²) < 4.78 is 10.6. The maximum Gasteiger partial charge on any atom is 0.240 e. The van der Waals surface area contributed by atoms with Gasteiger partial charge in [0.25, 0.3) is 0 Å². The molecule has 0 amide bonds. The number of nitrogens with one attached hydrogen (secondary N) is 1. The lowest BCUT2D eigenvalue weighted by Crippen LogP contribution is -2.08. The van der Waals surface area contributed by atoms with E-state index in [0.717, 1.165) is 12.8 Å². The number of hydrogen-bond acceptors (Lipinski definition) is 5. The molecule has 1 atom stereocenters. The number of nitrogens with zero attached hydrogens (tertiary/aromatic N) is 2. The summed E-state index contributed by atoms with van der Waals surface area (Å²) in [5.41, 5.74) is 0. The van der Waals surface area contributed by atoms with Gasteiger partial charge < -0.3 is 14.6 Å². The van der Waals surface area contributed by atoms with Crippen LogP contribution in [0.4, 0.5) is 0 Å². The van der Waals surface area contributed by atoms with Crippen LogP contribution in [0.25, 0.3) is 0 Å². The second-order valence-corrected chi connectivity index (χ2v) is 3.31. The Morgan fingerprint density at radius 3 is 2.87 bits per heavy atom. The quantitative estimate of drug-likeness (QED) is 0.746. The van der Waals surface area contributed by atoms with Crippen molar-refractivity contribution in [1.82, 2.24) is 15.5 Å². The summed E-state index contributed by atoms with van der Waals surface area (Å²) in [4.78, 5) is 4.27. The van der Waals surface area contributed by atoms with Crippen molar-refractivity contribution >= 4 is 0 Å². The molecule has 5 heteroatoms. The average molecular weight is 213 g/mol. The fraction of sp³-hybridized carbons (Fsp3) is 0.800. The molecule has 0 aliphatic rings. The van der Waals surface area contributed by atoms with Gasteiger partial charge in [0.05, 0.1) is 6.54 Å². The van der Waals surface area contributed by atoms with Gasteiger partial charge in [0.2, 0.25) is 11.7 Å². The maximum absolute atomic E-state index is 5.55. The fourth-order valence-electron chi connectivity index (χ4n) is 1.37. The zero-order chi connectivity index (χ0) is 11.1. The minimum Gasteiger partial charge on any atom is -0.370 e. The van der Waals surface area contributed by atoms with Crippen LogP contribution >= 0.6 is 0 Å². The monoisotopic (exact) mass is 213 g/mol. The molecule has 0 fully saturated rings. The van der Waals surface area contributed by atoms with E-state index in [4.69, 9.17) is 9.26 Å². The third-order valence-corrected chi connectivity index (χ3v) is 2.02. The first-order chi connectivity index (χ1) is 7.31. The van der Waals surface area contributed by atoms with E-state index in [2.05, 4.69) is 22.4 Å². The first-order valence-electron chi connectivity index (χ1n) is 5.40. The van der Waals surface area contributed by atoms with Gasteiger partial charge in [-0.2, -0.15) is 4.98 Å². The molecule has 0 spiro atoms. The van der Waals surface area contributed by atoms with Crippen LogP contribution in [-0.4, -0.2) is 23.8 Å². The van der Waals surface area contributed by atoms with E-state index in [9.17, 15) is 0 Å². The van der Waals surface area contributed by atoms with Crippen molar-refractivity contribution in [1.29, 1.82) is 0 Å². The minimum absolute atomic E-state index is 0.0330. The summed E-state index contributed by atoms with van der Waals surface area (Å²) in [6.07, 6.45) is 1.93. The molecule has 0 radical (unpaired) electrons. The topological polar surface area (TPSA) is 60.2 Å². The van der Waals surface area contributed by atoms with Crippen LogP contribution in [0.15, 0.2) is 4.52 Å². The fourth-order valence-corrected chi connectivity index (χ4v) is 1.37. The van der Waals surface area contributed by atoms with Crippen LogP contribution in [0.2, 0.25) is 0 Å². The van der Waals surface area contributed by atoms with Gasteiger partial charge in [0.1, 0.15) is 6.10 Å². The Balaban J connectivity index is 2.63. The van der Waals surface area contributed by atoms with Crippen LogP contribution in [0.1, 0.15) is 44.5 Å². The minimum atomic E-state index is -0.0330. The van der Waals surface area contributed by atoms with E-state index >= 15 is 0 Å². The normalized spacial score (nSPS) is 13.0. The molecule has 0 aliphatic carbocycles.